The third kappa shape index (κ3) is 3.31. The highest BCUT2D eigenvalue weighted by Gasteiger charge is 2.41. The topological polar surface area (TPSA) is 34.5 Å². The number of hydrogen-bond acceptors (Lipinski definition) is 2. The molecule has 0 bridgehead atoms. The minimum absolute atomic E-state index is 0.0953. The zero-order chi connectivity index (χ0) is 19.0. The molecule has 2 heterocycles. The number of benzene rings is 1. The highest BCUT2D eigenvalue weighted by atomic mass is 16.5. The Balaban J connectivity index is 1.69. The van der Waals surface area contributed by atoms with Crippen molar-refractivity contribution in [3.05, 3.63) is 47.2 Å². The molecule has 0 saturated carbocycles. The second kappa shape index (κ2) is 7.51. The predicted octanol–water partition coefficient (Wildman–Crippen LogP) is 4.75. The molecule has 27 heavy (non-hydrogen) atoms. The molecule has 2 aliphatic rings. The van der Waals surface area contributed by atoms with Crippen molar-refractivity contribution in [3.63, 3.8) is 0 Å². The molecule has 1 amide bonds. The van der Waals surface area contributed by atoms with Gasteiger partial charge in [0.15, 0.2) is 0 Å². The predicted molar refractivity (Wildman–Crippen MR) is 109 cm³/mol. The maximum atomic E-state index is 13.2. The van der Waals surface area contributed by atoms with Crippen LogP contribution in [0.15, 0.2) is 41.6 Å². The van der Waals surface area contributed by atoms with E-state index >= 15 is 0 Å². The Kier molecular flexibility index (Phi) is 5.09. The van der Waals surface area contributed by atoms with Crippen LogP contribution in [-0.4, -0.2) is 34.6 Å². The van der Waals surface area contributed by atoms with Gasteiger partial charge in [-0.05, 0) is 57.6 Å². The largest absolute Gasteiger partial charge is 0.379 e. The molecule has 0 spiro atoms. The fourth-order valence-electron chi connectivity index (χ4n) is 4.68. The first kappa shape index (κ1) is 18.3. The Morgan fingerprint density at radius 1 is 1.19 bits per heavy atom. The van der Waals surface area contributed by atoms with Gasteiger partial charge in [0.25, 0.3) is 5.91 Å². The maximum absolute atomic E-state index is 13.2. The van der Waals surface area contributed by atoms with E-state index in [0.717, 1.165) is 37.8 Å². The molecule has 0 saturated heterocycles. The highest BCUT2D eigenvalue weighted by Crippen LogP contribution is 2.46. The molecule has 0 radical (unpaired) electrons. The molecule has 1 aliphatic heterocycles. The summed E-state index contributed by atoms with van der Waals surface area (Å²) in [6, 6.07) is 8.62. The molecule has 1 unspecified atom stereocenters. The molecule has 0 N–H and O–H groups in total. The van der Waals surface area contributed by atoms with Gasteiger partial charge in [-0.1, -0.05) is 18.2 Å². The zero-order valence-corrected chi connectivity index (χ0v) is 16.7. The number of aromatic nitrogens is 1. The standard InChI is InChI=1S/C23H30N2O2/c1-16(2)27-14-8-13-25-22(18-10-4-5-11-19(18)23(25)26)20-15-24(3)21-12-7-6-9-17(20)21/h6-7,9,12,15-16,22H,4-5,8,10-11,13-14H2,1-3H3. The number of aryl methyl sites for hydroxylation is 1. The van der Waals surface area contributed by atoms with Crippen molar-refractivity contribution in [1.82, 2.24) is 9.47 Å². The average Bonchev–Trinajstić information content (AvgIpc) is 3.14. The average molecular weight is 367 g/mol. The first-order chi connectivity index (χ1) is 13.1. The van der Waals surface area contributed by atoms with E-state index in [1.165, 1.54) is 28.5 Å². The lowest BCUT2D eigenvalue weighted by molar-refractivity contribution is -0.127. The number of carbonyl (C=O) groups excluding carboxylic acids is 1. The van der Waals surface area contributed by atoms with Crippen molar-refractivity contribution >= 4 is 16.8 Å². The van der Waals surface area contributed by atoms with Crippen molar-refractivity contribution in [1.29, 1.82) is 0 Å². The van der Waals surface area contributed by atoms with Crippen LogP contribution in [0.3, 0.4) is 0 Å². The fraction of sp³-hybridized carbons (Fsp3) is 0.522. The number of ether oxygens (including phenoxy) is 1. The van der Waals surface area contributed by atoms with Crippen LogP contribution in [-0.2, 0) is 16.6 Å². The molecule has 4 heteroatoms. The Morgan fingerprint density at radius 2 is 1.96 bits per heavy atom. The summed E-state index contributed by atoms with van der Waals surface area (Å²) < 4.78 is 7.91. The van der Waals surface area contributed by atoms with Gasteiger partial charge in [0.2, 0.25) is 0 Å². The SMILES string of the molecule is CC(C)OCCCN1C(=O)C2=C(CCCC2)C1c1cn(C)c2ccccc12. The molecule has 4 rings (SSSR count). The van der Waals surface area contributed by atoms with E-state index in [-0.39, 0.29) is 18.1 Å². The van der Waals surface area contributed by atoms with Crippen LogP contribution in [0.5, 0.6) is 0 Å². The van der Waals surface area contributed by atoms with E-state index in [0.29, 0.717) is 6.61 Å². The molecule has 144 valence electrons. The van der Waals surface area contributed by atoms with E-state index in [9.17, 15) is 4.79 Å². The Bertz CT molecular complexity index is 878. The van der Waals surface area contributed by atoms with Crippen molar-refractivity contribution in [2.24, 2.45) is 7.05 Å². The van der Waals surface area contributed by atoms with Crippen LogP contribution >= 0.6 is 0 Å². The van der Waals surface area contributed by atoms with Crippen LogP contribution in [0.4, 0.5) is 0 Å². The van der Waals surface area contributed by atoms with Gasteiger partial charge in [-0.3, -0.25) is 4.79 Å². The Labute approximate surface area is 161 Å². The maximum Gasteiger partial charge on any atom is 0.250 e. The summed E-state index contributed by atoms with van der Waals surface area (Å²) in [5.74, 6) is 0.257. The number of nitrogens with zero attached hydrogens (tertiary/aromatic N) is 2. The van der Waals surface area contributed by atoms with Crippen molar-refractivity contribution in [3.8, 4) is 0 Å². The lowest BCUT2D eigenvalue weighted by Crippen LogP contribution is -2.32. The van der Waals surface area contributed by atoms with Gasteiger partial charge in [-0.15, -0.1) is 0 Å². The van der Waals surface area contributed by atoms with Gasteiger partial charge in [0.05, 0.1) is 12.1 Å². The number of fused-ring (bicyclic) bond motifs is 1. The molecular weight excluding hydrogens is 336 g/mol. The van der Waals surface area contributed by atoms with Crippen LogP contribution in [0.25, 0.3) is 10.9 Å². The second-order valence-corrected chi connectivity index (χ2v) is 8.10. The van der Waals surface area contributed by atoms with Gasteiger partial charge in [-0.25, -0.2) is 0 Å². The third-order valence-electron chi connectivity index (χ3n) is 5.89. The van der Waals surface area contributed by atoms with Crippen molar-refractivity contribution < 1.29 is 9.53 Å². The highest BCUT2D eigenvalue weighted by molar-refractivity contribution is 5.99. The van der Waals surface area contributed by atoms with E-state index in [1.54, 1.807) is 0 Å². The Hall–Kier alpha value is -2.07. The minimum atomic E-state index is 0.0953. The van der Waals surface area contributed by atoms with Gasteiger partial charge in [0.1, 0.15) is 0 Å². The van der Waals surface area contributed by atoms with Gasteiger partial charge >= 0.3 is 0 Å². The number of para-hydroxylation sites is 1. The number of carbonyl (C=O) groups is 1. The van der Waals surface area contributed by atoms with Gasteiger partial charge in [-0.2, -0.15) is 0 Å². The number of amides is 1. The Morgan fingerprint density at radius 3 is 2.78 bits per heavy atom. The molecule has 4 nitrogen and oxygen atoms in total. The molecule has 1 aromatic heterocycles. The smallest absolute Gasteiger partial charge is 0.250 e. The molecule has 0 fully saturated rings. The minimum Gasteiger partial charge on any atom is -0.379 e. The summed E-state index contributed by atoms with van der Waals surface area (Å²) in [5.41, 5.74) is 4.96. The molecule has 1 aromatic carbocycles. The van der Waals surface area contributed by atoms with Crippen LogP contribution in [0.1, 0.15) is 57.6 Å². The van der Waals surface area contributed by atoms with Crippen LogP contribution in [0, 0.1) is 0 Å². The van der Waals surface area contributed by atoms with E-state index in [4.69, 9.17) is 4.74 Å². The second-order valence-electron chi connectivity index (χ2n) is 8.10. The lowest BCUT2D eigenvalue weighted by Gasteiger charge is -2.27. The van der Waals surface area contributed by atoms with E-state index in [1.807, 2.05) is 0 Å². The normalized spacial score (nSPS) is 20.2. The fourth-order valence-corrected chi connectivity index (χ4v) is 4.68. The van der Waals surface area contributed by atoms with Gasteiger partial charge < -0.3 is 14.2 Å². The summed E-state index contributed by atoms with van der Waals surface area (Å²) in [7, 11) is 2.10. The summed E-state index contributed by atoms with van der Waals surface area (Å²) >= 11 is 0. The van der Waals surface area contributed by atoms with Crippen molar-refractivity contribution in [2.75, 3.05) is 13.2 Å². The third-order valence-corrected chi connectivity index (χ3v) is 5.89. The quantitative estimate of drug-likeness (QED) is 0.692. The van der Waals surface area contributed by atoms with Crippen molar-refractivity contribution in [2.45, 2.75) is 58.1 Å². The first-order valence-electron chi connectivity index (χ1n) is 10.3. The molecule has 1 atom stereocenters. The molecule has 2 aromatic rings. The summed E-state index contributed by atoms with van der Waals surface area (Å²) in [6.45, 7) is 5.57. The van der Waals surface area contributed by atoms with Gasteiger partial charge in [0, 0.05) is 48.4 Å². The molecular formula is C23H30N2O2. The van der Waals surface area contributed by atoms with Crippen LogP contribution < -0.4 is 0 Å². The van der Waals surface area contributed by atoms with E-state index < -0.39 is 0 Å². The van der Waals surface area contributed by atoms with E-state index in [2.05, 4.69) is 60.8 Å². The number of rotatable bonds is 6. The van der Waals surface area contributed by atoms with Crippen LogP contribution in [0.2, 0.25) is 0 Å². The summed E-state index contributed by atoms with van der Waals surface area (Å²) in [4.78, 5) is 15.3. The molecule has 1 aliphatic carbocycles. The first-order valence-corrected chi connectivity index (χ1v) is 10.3. The monoisotopic (exact) mass is 366 g/mol. The summed E-state index contributed by atoms with van der Waals surface area (Å²) in [5, 5.41) is 1.26. The zero-order valence-electron chi connectivity index (χ0n) is 16.7. The lowest BCUT2D eigenvalue weighted by atomic mass is 9.87. The number of hydrogen-bond donors (Lipinski definition) is 0. The summed E-state index contributed by atoms with van der Waals surface area (Å²) in [6.07, 6.45) is 7.66.